The fourth-order valence-corrected chi connectivity index (χ4v) is 2.88. The summed E-state index contributed by atoms with van der Waals surface area (Å²) in [7, 11) is 0. The topological polar surface area (TPSA) is 23.5 Å². The molecule has 1 unspecified atom stereocenters. The molecule has 2 rings (SSSR count). The molecular weight excluding hydrogens is 302 g/mol. The molecule has 1 aliphatic rings. The highest BCUT2D eigenvalue weighted by molar-refractivity contribution is 9.10. The van der Waals surface area contributed by atoms with Gasteiger partial charge in [-0.05, 0) is 55.8 Å². The average Bonchev–Trinajstić information content (AvgIpc) is 3.20. The van der Waals surface area contributed by atoms with E-state index in [4.69, 9.17) is 0 Å². The summed E-state index contributed by atoms with van der Waals surface area (Å²) in [5, 5.41) is 10.3. The molecule has 1 atom stereocenters. The van der Waals surface area contributed by atoms with Crippen LogP contribution < -0.4 is 0 Å². The molecule has 0 bridgehead atoms. The number of rotatable bonds is 8. The number of nitrogens with zero attached hydrogens (tertiary/aromatic N) is 1. The lowest BCUT2D eigenvalue weighted by atomic mass is 10.1. The van der Waals surface area contributed by atoms with Gasteiger partial charge in [-0.15, -0.1) is 0 Å². The smallest absolute Gasteiger partial charge is 0.0802 e. The van der Waals surface area contributed by atoms with Crippen LogP contribution in [-0.4, -0.2) is 29.6 Å². The third-order valence-electron chi connectivity index (χ3n) is 3.71. The van der Waals surface area contributed by atoms with Crippen LogP contribution >= 0.6 is 15.9 Å². The lowest BCUT2D eigenvalue weighted by Gasteiger charge is -2.23. The molecule has 0 aromatic heterocycles. The zero-order valence-corrected chi connectivity index (χ0v) is 13.3. The van der Waals surface area contributed by atoms with Crippen LogP contribution in [0.3, 0.4) is 0 Å². The molecule has 1 saturated carbocycles. The number of hydrogen-bond acceptors (Lipinski definition) is 2. The first-order valence-electron chi connectivity index (χ1n) is 7.35. The molecule has 19 heavy (non-hydrogen) atoms. The van der Waals surface area contributed by atoms with E-state index in [1.807, 2.05) is 24.3 Å². The van der Waals surface area contributed by atoms with E-state index in [2.05, 4.69) is 27.8 Å². The zero-order chi connectivity index (χ0) is 13.7. The fraction of sp³-hybridized carbons (Fsp3) is 0.625. The normalized spacial score (nSPS) is 16.8. The predicted molar refractivity (Wildman–Crippen MR) is 83.2 cm³/mol. The summed E-state index contributed by atoms with van der Waals surface area (Å²) in [6.07, 6.45) is 4.46. The van der Waals surface area contributed by atoms with Crippen molar-refractivity contribution in [2.24, 2.45) is 5.92 Å². The van der Waals surface area contributed by atoms with Gasteiger partial charge >= 0.3 is 0 Å². The van der Waals surface area contributed by atoms with Gasteiger partial charge in [0.15, 0.2) is 0 Å². The van der Waals surface area contributed by atoms with Crippen LogP contribution in [0.4, 0.5) is 0 Å². The second kappa shape index (κ2) is 7.41. The van der Waals surface area contributed by atoms with Gasteiger partial charge in [-0.1, -0.05) is 35.0 Å². The van der Waals surface area contributed by atoms with Crippen LogP contribution in [-0.2, 0) is 0 Å². The summed E-state index contributed by atoms with van der Waals surface area (Å²) in [4.78, 5) is 2.51. The maximum absolute atomic E-state index is 10.3. The van der Waals surface area contributed by atoms with Gasteiger partial charge in [-0.2, -0.15) is 0 Å². The van der Waals surface area contributed by atoms with E-state index in [-0.39, 0.29) is 6.10 Å². The van der Waals surface area contributed by atoms with Crippen molar-refractivity contribution in [3.05, 3.63) is 34.3 Å². The van der Waals surface area contributed by atoms with E-state index in [1.165, 1.54) is 25.8 Å². The molecule has 3 heteroatoms. The van der Waals surface area contributed by atoms with Crippen molar-refractivity contribution in [3.63, 3.8) is 0 Å². The van der Waals surface area contributed by atoms with Crippen molar-refractivity contribution >= 4 is 15.9 Å². The van der Waals surface area contributed by atoms with E-state index in [0.717, 1.165) is 35.5 Å². The lowest BCUT2D eigenvalue weighted by molar-refractivity contribution is 0.140. The molecule has 0 aliphatic heterocycles. The monoisotopic (exact) mass is 325 g/mol. The van der Waals surface area contributed by atoms with Gasteiger partial charge in [-0.25, -0.2) is 0 Å². The Kier molecular flexibility index (Phi) is 5.86. The van der Waals surface area contributed by atoms with Crippen molar-refractivity contribution in [3.8, 4) is 0 Å². The van der Waals surface area contributed by atoms with E-state index < -0.39 is 0 Å². The summed E-state index contributed by atoms with van der Waals surface area (Å²) in [6, 6.07) is 7.99. The maximum atomic E-state index is 10.3. The van der Waals surface area contributed by atoms with E-state index >= 15 is 0 Å². The van der Waals surface area contributed by atoms with Gasteiger partial charge in [0, 0.05) is 17.6 Å². The third-order valence-corrected chi connectivity index (χ3v) is 4.20. The maximum Gasteiger partial charge on any atom is 0.0802 e. The molecule has 0 heterocycles. The van der Waals surface area contributed by atoms with Gasteiger partial charge in [0.05, 0.1) is 6.10 Å². The molecule has 0 amide bonds. The number of aliphatic hydroxyl groups is 1. The molecule has 1 aromatic rings. The van der Waals surface area contributed by atoms with E-state index in [1.54, 1.807) is 0 Å². The van der Waals surface area contributed by atoms with Crippen molar-refractivity contribution in [2.75, 3.05) is 19.6 Å². The standard InChI is InChI=1S/C16H24BrNO/c1-2-9-18(12-13-6-7-13)10-8-16(19)14-4-3-5-15(17)11-14/h3-5,11,13,16,19H,2,6-10,12H2,1H3. The molecule has 0 radical (unpaired) electrons. The van der Waals surface area contributed by atoms with Crippen molar-refractivity contribution < 1.29 is 5.11 Å². The molecule has 106 valence electrons. The minimum atomic E-state index is -0.351. The van der Waals surface area contributed by atoms with Gasteiger partial charge < -0.3 is 10.0 Å². The number of hydrogen-bond donors (Lipinski definition) is 1. The summed E-state index contributed by atoms with van der Waals surface area (Å²) < 4.78 is 1.03. The minimum absolute atomic E-state index is 0.351. The highest BCUT2D eigenvalue weighted by atomic mass is 79.9. The van der Waals surface area contributed by atoms with Gasteiger partial charge in [-0.3, -0.25) is 0 Å². The second-order valence-corrected chi connectivity index (χ2v) is 6.52. The van der Waals surface area contributed by atoms with Crippen molar-refractivity contribution in [1.29, 1.82) is 0 Å². The summed E-state index contributed by atoms with van der Waals surface area (Å²) in [5.41, 5.74) is 1.01. The lowest BCUT2D eigenvalue weighted by Crippen LogP contribution is -2.29. The Labute approximate surface area is 124 Å². The number of halogens is 1. The first kappa shape index (κ1) is 15.0. The Balaban J connectivity index is 1.81. The largest absolute Gasteiger partial charge is 0.388 e. The van der Waals surface area contributed by atoms with Crippen LogP contribution in [0.25, 0.3) is 0 Å². The van der Waals surface area contributed by atoms with Gasteiger partial charge in [0.2, 0.25) is 0 Å². The first-order valence-corrected chi connectivity index (χ1v) is 8.14. The zero-order valence-electron chi connectivity index (χ0n) is 11.7. The van der Waals surface area contributed by atoms with Crippen LogP contribution in [0.5, 0.6) is 0 Å². The van der Waals surface area contributed by atoms with Crippen LogP contribution in [0.15, 0.2) is 28.7 Å². The minimum Gasteiger partial charge on any atom is -0.388 e. The Bertz CT molecular complexity index is 392. The SMILES string of the molecule is CCCN(CCC(O)c1cccc(Br)c1)CC1CC1. The quantitative estimate of drug-likeness (QED) is 0.781. The van der Waals surface area contributed by atoms with Crippen LogP contribution in [0.2, 0.25) is 0 Å². The average molecular weight is 326 g/mol. The van der Waals surface area contributed by atoms with E-state index in [0.29, 0.717) is 0 Å². The second-order valence-electron chi connectivity index (χ2n) is 5.60. The molecule has 1 aliphatic carbocycles. The molecule has 0 saturated heterocycles. The van der Waals surface area contributed by atoms with Crippen molar-refractivity contribution in [2.45, 2.75) is 38.7 Å². The summed E-state index contributed by atoms with van der Waals surface area (Å²) in [5.74, 6) is 0.926. The van der Waals surface area contributed by atoms with Crippen molar-refractivity contribution in [1.82, 2.24) is 4.90 Å². The first-order chi connectivity index (χ1) is 9.19. The summed E-state index contributed by atoms with van der Waals surface area (Å²) in [6.45, 7) is 5.60. The molecular formula is C16H24BrNO. The Hall–Kier alpha value is -0.380. The highest BCUT2D eigenvalue weighted by Crippen LogP contribution is 2.30. The highest BCUT2D eigenvalue weighted by Gasteiger charge is 2.24. The van der Waals surface area contributed by atoms with Crippen LogP contribution in [0, 0.1) is 5.92 Å². The Morgan fingerprint density at radius 3 is 2.79 bits per heavy atom. The number of aliphatic hydroxyl groups excluding tert-OH is 1. The van der Waals surface area contributed by atoms with Crippen LogP contribution in [0.1, 0.15) is 44.3 Å². The third kappa shape index (κ3) is 5.25. The Morgan fingerprint density at radius 1 is 1.37 bits per heavy atom. The van der Waals surface area contributed by atoms with E-state index in [9.17, 15) is 5.11 Å². The predicted octanol–water partition coefficient (Wildman–Crippen LogP) is 3.99. The van der Waals surface area contributed by atoms with Gasteiger partial charge in [0.25, 0.3) is 0 Å². The number of benzene rings is 1. The van der Waals surface area contributed by atoms with Gasteiger partial charge in [0.1, 0.15) is 0 Å². The molecule has 1 aromatic carbocycles. The molecule has 2 nitrogen and oxygen atoms in total. The molecule has 0 spiro atoms. The molecule has 1 N–H and O–H groups in total. The summed E-state index contributed by atoms with van der Waals surface area (Å²) >= 11 is 3.45. The molecule has 1 fully saturated rings. The Morgan fingerprint density at radius 2 is 2.16 bits per heavy atom. The fourth-order valence-electron chi connectivity index (χ4n) is 2.46.